The van der Waals surface area contributed by atoms with Gasteiger partial charge in [-0.2, -0.15) is 0 Å². The van der Waals surface area contributed by atoms with Crippen molar-refractivity contribution in [3.05, 3.63) is 49.7 Å². The highest BCUT2D eigenvalue weighted by Gasteiger charge is 2.22. The average molecular weight is 307 g/mol. The van der Waals surface area contributed by atoms with Gasteiger partial charge in [-0.25, -0.2) is 0 Å². The van der Waals surface area contributed by atoms with Gasteiger partial charge >= 0.3 is 0 Å². The molecule has 0 amide bonds. The summed E-state index contributed by atoms with van der Waals surface area (Å²) in [5.41, 5.74) is 5.90. The normalized spacial score (nSPS) is 18.6. The molecule has 1 aromatic rings. The van der Waals surface area contributed by atoms with E-state index >= 15 is 0 Å². The van der Waals surface area contributed by atoms with Crippen LogP contribution in [0.3, 0.4) is 0 Å². The number of fused-ring (bicyclic) bond motifs is 1. The van der Waals surface area contributed by atoms with Crippen molar-refractivity contribution in [3.8, 4) is 0 Å². The number of thiophene rings is 1. The lowest BCUT2D eigenvalue weighted by molar-refractivity contribution is 0.850. The molecule has 2 heteroatoms. The smallest absolute Gasteiger partial charge is 0.0299 e. The monoisotopic (exact) mass is 306 g/mol. The molecule has 0 bridgehead atoms. The third-order valence-electron chi connectivity index (χ3n) is 3.52. The maximum atomic E-state index is 4.05. The first-order valence-corrected chi connectivity index (χ1v) is 7.59. The van der Waals surface area contributed by atoms with Gasteiger partial charge < -0.3 is 0 Å². The van der Waals surface area contributed by atoms with Crippen molar-refractivity contribution < 1.29 is 0 Å². The van der Waals surface area contributed by atoms with Crippen LogP contribution in [0.5, 0.6) is 0 Å². The zero-order valence-corrected chi connectivity index (χ0v) is 12.4. The lowest BCUT2D eigenvalue weighted by Gasteiger charge is -2.22. The van der Waals surface area contributed by atoms with Crippen LogP contribution >= 0.6 is 27.3 Å². The number of hydrogen-bond acceptors (Lipinski definition) is 1. The van der Waals surface area contributed by atoms with E-state index in [1.165, 1.54) is 39.8 Å². The van der Waals surface area contributed by atoms with Crippen LogP contribution in [0, 0.1) is 0 Å². The third-order valence-corrected chi connectivity index (χ3v) is 5.49. The fourth-order valence-corrected chi connectivity index (χ4v) is 4.17. The molecule has 88 valence electrons. The summed E-state index contributed by atoms with van der Waals surface area (Å²) in [7, 11) is 0. The lowest BCUT2D eigenvalue weighted by Crippen LogP contribution is -2.08. The molecule has 2 aliphatic rings. The van der Waals surface area contributed by atoms with Crippen molar-refractivity contribution >= 4 is 32.8 Å². The molecule has 0 saturated heterocycles. The molecule has 0 nitrogen and oxygen atoms in total. The van der Waals surface area contributed by atoms with E-state index in [9.17, 15) is 0 Å². The quantitative estimate of drug-likeness (QED) is 0.665. The first-order chi connectivity index (χ1) is 8.13. The van der Waals surface area contributed by atoms with Crippen LogP contribution in [0.1, 0.15) is 35.1 Å². The Kier molecular flexibility index (Phi) is 2.87. The van der Waals surface area contributed by atoms with E-state index in [-0.39, 0.29) is 0 Å². The van der Waals surface area contributed by atoms with Gasteiger partial charge in [0.15, 0.2) is 0 Å². The van der Waals surface area contributed by atoms with E-state index in [0.717, 1.165) is 6.42 Å². The molecule has 1 heterocycles. The zero-order valence-electron chi connectivity index (χ0n) is 9.98. The molecule has 0 aromatic carbocycles. The highest BCUT2D eigenvalue weighted by Crippen LogP contribution is 2.40. The lowest BCUT2D eigenvalue weighted by atomic mass is 9.85. The van der Waals surface area contributed by atoms with Gasteiger partial charge in [-0.3, -0.25) is 0 Å². The fraction of sp³-hybridized carbons (Fsp3) is 0.333. The maximum absolute atomic E-state index is 4.05. The maximum Gasteiger partial charge on any atom is 0.0299 e. The highest BCUT2D eigenvalue weighted by atomic mass is 79.9. The second-order valence-electron chi connectivity index (χ2n) is 4.91. The molecule has 2 aliphatic carbocycles. The Bertz CT molecular complexity index is 557. The van der Waals surface area contributed by atoms with Gasteiger partial charge in [0, 0.05) is 16.2 Å². The minimum atomic E-state index is 1.11. The van der Waals surface area contributed by atoms with Crippen molar-refractivity contribution in [1.82, 2.24) is 0 Å². The molecule has 0 spiro atoms. The standard InChI is InChI=1S/C15H15BrS/c1-9(2)14-8-12-5-11-6-13(16)4-3-10(11)7-15(12)17-14/h6,8H,1,3-5,7H2,2H3. The Morgan fingerprint density at radius 2 is 2.18 bits per heavy atom. The van der Waals surface area contributed by atoms with E-state index in [0.29, 0.717) is 0 Å². The molecular weight excluding hydrogens is 292 g/mol. The first-order valence-electron chi connectivity index (χ1n) is 5.98. The predicted octanol–water partition coefficient (Wildman–Crippen LogP) is 5.25. The van der Waals surface area contributed by atoms with Crippen molar-refractivity contribution in [2.45, 2.75) is 32.6 Å². The van der Waals surface area contributed by atoms with E-state index in [4.69, 9.17) is 0 Å². The number of hydrogen-bond donors (Lipinski definition) is 0. The van der Waals surface area contributed by atoms with E-state index in [1.807, 2.05) is 11.3 Å². The van der Waals surface area contributed by atoms with Crippen LogP contribution in [-0.4, -0.2) is 0 Å². The van der Waals surface area contributed by atoms with Crippen molar-refractivity contribution in [3.63, 3.8) is 0 Å². The molecule has 0 aliphatic heterocycles. The second-order valence-corrected chi connectivity index (χ2v) is 7.07. The van der Waals surface area contributed by atoms with Crippen LogP contribution in [-0.2, 0) is 12.8 Å². The van der Waals surface area contributed by atoms with Gasteiger partial charge in [-0.15, -0.1) is 11.3 Å². The molecule has 0 fully saturated rings. The largest absolute Gasteiger partial charge is 0.140 e. The SMILES string of the molecule is C=C(C)c1cc2c(s1)CC1=C(C=C(Br)CC1)C2. The molecular formula is C15H15BrS. The summed E-state index contributed by atoms with van der Waals surface area (Å²) in [6.07, 6.45) is 7.02. The van der Waals surface area contributed by atoms with E-state index in [1.54, 1.807) is 16.0 Å². The highest BCUT2D eigenvalue weighted by molar-refractivity contribution is 9.11. The minimum absolute atomic E-state index is 1.11. The molecule has 0 N–H and O–H groups in total. The van der Waals surface area contributed by atoms with Crippen molar-refractivity contribution in [2.75, 3.05) is 0 Å². The Labute approximate surface area is 115 Å². The Morgan fingerprint density at radius 1 is 1.35 bits per heavy atom. The van der Waals surface area contributed by atoms with Gasteiger partial charge in [-0.05, 0) is 59.5 Å². The molecule has 0 atom stereocenters. The molecule has 3 rings (SSSR count). The van der Waals surface area contributed by atoms with Gasteiger partial charge in [-0.1, -0.05) is 28.1 Å². The van der Waals surface area contributed by atoms with Gasteiger partial charge in [0.25, 0.3) is 0 Å². The van der Waals surface area contributed by atoms with Gasteiger partial charge in [0.2, 0.25) is 0 Å². The molecule has 1 aromatic heterocycles. The average Bonchev–Trinajstić information content (AvgIpc) is 2.68. The van der Waals surface area contributed by atoms with Crippen LogP contribution in [0.15, 0.2) is 34.3 Å². The van der Waals surface area contributed by atoms with E-state index in [2.05, 4.69) is 41.6 Å². The Balaban J connectivity index is 1.97. The van der Waals surface area contributed by atoms with Crippen LogP contribution < -0.4 is 0 Å². The molecule has 0 radical (unpaired) electrons. The zero-order chi connectivity index (χ0) is 12.0. The Hall–Kier alpha value is -0.600. The molecule has 17 heavy (non-hydrogen) atoms. The molecule has 0 saturated carbocycles. The van der Waals surface area contributed by atoms with E-state index < -0.39 is 0 Å². The van der Waals surface area contributed by atoms with Crippen molar-refractivity contribution in [1.29, 1.82) is 0 Å². The predicted molar refractivity (Wildman–Crippen MR) is 79.7 cm³/mol. The van der Waals surface area contributed by atoms with Gasteiger partial charge in [0.05, 0.1) is 0 Å². The summed E-state index contributed by atoms with van der Waals surface area (Å²) in [5.74, 6) is 0. The summed E-state index contributed by atoms with van der Waals surface area (Å²) in [4.78, 5) is 2.92. The fourth-order valence-electron chi connectivity index (χ4n) is 2.55. The summed E-state index contributed by atoms with van der Waals surface area (Å²) >= 11 is 5.57. The van der Waals surface area contributed by atoms with Crippen LogP contribution in [0.2, 0.25) is 0 Å². The minimum Gasteiger partial charge on any atom is -0.140 e. The first kappa shape index (κ1) is 11.5. The topological polar surface area (TPSA) is 0 Å². The third kappa shape index (κ3) is 2.09. The summed E-state index contributed by atoms with van der Waals surface area (Å²) in [5, 5.41) is 0. The van der Waals surface area contributed by atoms with Gasteiger partial charge in [0.1, 0.15) is 0 Å². The van der Waals surface area contributed by atoms with Crippen LogP contribution in [0.4, 0.5) is 0 Å². The number of allylic oxidation sites excluding steroid dienone is 5. The Morgan fingerprint density at radius 3 is 2.94 bits per heavy atom. The summed E-state index contributed by atoms with van der Waals surface area (Å²) in [6.45, 7) is 6.15. The molecule has 0 unspecified atom stereocenters. The summed E-state index contributed by atoms with van der Waals surface area (Å²) in [6, 6.07) is 2.34. The second kappa shape index (κ2) is 4.25. The number of rotatable bonds is 1. The number of halogens is 1. The van der Waals surface area contributed by atoms with Crippen molar-refractivity contribution in [2.24, 2.45) is 0 Å². The van der Waals surface area contributed by atoms with Crippen LogP contribution in [0.25, 0.3) is 5.57 Å². The summed E-state index contributed by atoms with van der Waals surface area (Å²) < 4.78 is 1.36.